The molecule has 0 amide bonds. The van der Waals surface area contributed by atoms with Crippen LogP contribution in [-0.4, -0.2) is 42.1 Å². The molecule has 6 nitrogen and oxygen atoms in total. The van der Waals surface area contributed by atoms with E-state index < -0.39 is 32.2 Å². The van der Waals surface area contributed by atoms with Gasteiger partial charge in [-0.05, 0) is 12.8 Å². The highest BCUT2D eigenvalue weighted by Gasteiger charge is 2.11. The first-order valence-electron chi connectivity index (χ1n) is 4.19. The van der Waals surface area contributed by atoms with Crippen molar-refractivity contribution in [3.63, 3.8) is 0 Å². The fourth-order valence-corrected chi connectivity index (χ4v) is 1.51. The second-order valence-electron chi connectivity index (χ2n) is 2.68. The van der Waals surface area contributed by atoms with Gasteiger partial charge in [-0.15, -0.1) is 0 Å². The number of hydrogen-bond donors (Lipinski definition) is 0. The Kier molecular flexibility index (Phi) is 6.95. The Labute approximate surface area is 92.8 Å². The maximum atomic E-state index is 11.7. The second kappa shape index (κ2) is 7.09. The van der Waals surface area contributed by atoms with Crippen LogP contribution in [0.4, 0.5) is 8.78 Å². The van der Waals surface area contributed by atoms with Gasteiger partial charge in [-0.25, -0.2) is 8.78 Å². The Morgan fingerprint density at radius 2 is 1.06 bits per heavy atom. The first-order chi connectivity index (χ1) is 7.33. The molecule has 0 N–H and O–H groups in total. The molecule has 0 aliphatic heterocycles. The van der Waals surface area contributed by atoms with Crippen molar-refractivity contribution in [2.24, 2.45) is 0 Å². The summed E-state index contributed by atoms with van der Waals surface area (Å²) in [5.41, 5.74) is 0. The van der Waals surface area contributed by atoms with Crippen LogP contribution in [0.2, 0.25) is 0 Å². The monoisotopic (exact) mass is 282 g/mol. The van der Waals surface area contributed by atoms with E-state index in [4.69, 9.17) is 0 Å². The van der Waals surface area contributed by atoms with Crippen molar-refractivity contribution in [3.05, 3.63) is 0 Å². The minimum atomic E-state index is -4.13. The molecule has 0 aromatic heterocycles. The van der Waals surface area contributed by atoms with Crippen LogP contribution in [0.15, 0.2) is 0 Å². The zero-order valence-corrected chi connectivity index (χ0v) is 9.90. The molecule has 0 unspecified atom stereocenters. The molecule has 10 heteroatoms. The van der Waals surface area contributed by atoms with Gasteiger partial charge in [0, 0.05) is 0 Å². The van der Waals surface area contributed by atoms with Crippen LogP contribution in [0, 0.1) is 0 Å². The number of alkyl halides is 2. The van der Waals surface area contributed by atoms with Crippen LogP contribution in [0.1, 0.15) is 12.8 Å². The van der Waals surface area contributed by atoms with Crippen LogP contribution in [-0.2, 0) is 28.6 Å². The van der Waals surface area contributed by atoms with Gasteiger partial charge in [0.1, 0.15) is 0 Å². The maximum absolute atomic E-state index is 11.7. The number of hydrogen-bond acceptors (Lipinski definition) is 6. The summed E-state index contributed by atoms with van der Waals surface area (Å²) in [7, 11) is -8.25. The van der Waals surface area contributed by atoms with E-state index in [1.807, 2.05) is 0 Å². The third-order valence-electron chi connectivity index (χ3n) is 1.33. The predicted octanol–water partition coefficient (Wildman–Crippen LogP) is 0.313. The van der Waals surface area contributed by atoms with E-state index in [9.17, 15) is 25.6 Å². The summed E-state index contributed by atoms with van der Waals surface area (Å²) in [5, 5.41) is 0. The molecule has 0 aromatic carbocycles. The average molecular weight is 282 g/mol. The normalized spacial score (nSPS) is 12.9. The van der Waals surface area contributed by atoms with Crippen molar-refractivity contribution >= 4 is 20.2 Å². The topological polar surface area (TPSA) is 86.7 Å². The van der Waals surface area contributed by atoms with Gasteiger partial charge in [0.15, 0.2) is 0 Å². The van der Waals surface area contributed by atoms with Gasteiger partial charge in [0.25, 0.3) is 20.2 Å². The average Bonchev–Trinajstić information content (AvgIpc) is 2.23. The second-order valence-corrected chi connectivity index (χ2v) is 5.82. The highest BCUT2D eigenvalue weighted by Crippen LogP contribution is 2.00. The van der Waals surface area contributed by atoms with E-state index in [-0.39, 0.29) is 26.1 Å². The summed E-state index contributed by atoms with van der Waals surface area (Å²) in [6, 6.07) is -3.22. The van der Waals surface area contributed by atoms with Crippen molar-refractivity contribution in [2.75, 3.05) is 25.2 Å². The molecule has 0 aliphatic carbocycles. The minimum Gasteiger partial charge on any atom is -0.268 e. The quantitative estimate of drug-likeness (QED) is 0.447. The Balaban J connectivity index is 3.57. The summed E-state index contributed by atoms with van der Waals surface area (Å²) in [5.74, 6) is 0. The van der Waals surface area contributed by atoms with E-state index in [1.165, 1.54) is 0 Å². The Morgan fingerprint density at radius 3 is 1.31 bits per heavy atom. The van der Waals surface area contributed by atoms with Gasteiger partial charge in [-0.1, -0.05) is 0 Å². The third kappa shape index (κ3) is 7.91. The van der Waals surface area contributed by atoms with Gasteiger partial charge in [-0.3, -0.25) is 8.37 Å². The lowest BCUT2D eigenvalue weighted by Gasteiger charge is -2.03. The highest BCUT2D eigenvalue weighted by atomic mass is 32.2. The van der Waals surface area contributed by atoms with Crippen LogP contribution >= 0.6 is 0 Å². The molecule has 0 aromatic rings. The van der Waals surface area contributed by atoms with Crippen LogP contribution in [0.3, 0.4) is 0 Å². The van der Waals surface area contributed by atoms with E-state index >= 15 is 0 Å². The smallest absolute Gasteiger partial charge is 0.268 e. The summed E-state index contributed by atoms with van der Waals surface area (Å²) >= 11 is 0. The van der Waals surface area contributed by atoms with Crippen LogP contribution < -0.4 is 0 Å². The molecule has 16 heavy (non-hydrogen) atoms. The molecule has 0 aliphatic rings. The van der Waals surface area contributed by atoms with Gasteiger partial charge in [0.2, 0.25) is 12.0 Å². The van der Waals surface area contributed by atoms with Crippen molar-refractivity contribution in [1.29, 1.82) is 0 Å². The maximum Gasteiger partial charge on any atom is 0.297 e. The molecule has 0 heterocycles. The molecule has 0 saturated carbocycles. The molecule has 0 fully saturated rings. The number of halogens is 2. The number of rotatable bonds is 9. The van der Waals surface area contributed by atoms with E-state index in [0.717, 1.165) is 0 Å². The third-order valence-corrected chi connectivity index (χ3v) is 2.92. The van der Waals surface area contributed by atoms with Gasteiger partial charge in [-0.2, -0.15) is 16.8 Å². The summed E-state index contributed by atoms with van der Waals surface area (Å²) in [6.07, 6.45) is 0.308. The van der Waals surface area contributed by atoms with E-state index in [1.54, 1.807) is 0 Å². The minimum absolute atomic E-state index is 0.154. The Bertz CT molecular complexity index is 338. The summed E-state index contributed by atoms with van der Waals surface area (Å²) < 4.78 is 73.5. The van der Waals surface area contributed by atoms with E-state index in [2.05, 4.69) is 8.37 Å². The van der Waals surface area contributed by atoms with Crippen LogP contribution in [0.25, 0.3) is 0 Å². The molecule has 0 bridgehead atoms. The lowest BCUT2D eigenvalue weighted by molar-refractivity contribution is 0.264. The fourth-order valence-electron chi connectivity index (χ4n) is 0.639. The summed E-state index contributed by atoms with van der Waals surface area (Å²) in [4.78, 5) is 0. The standard InChI is InChI=1S/C6H12F2O6S2/c7-5-15(9,10)13-3-1-2-4-14-16(11,12)6-8/h1-6H2. The Hall–Kier alpha value is -0.320. The van der Waals surface area contributed by atoms with Gasteiger partial charge < -0.3 is 0 Å². The van der Waals surface area contributed by atoms with Gasteiger partial charge in [0.05, 0.1) is 13.2 Å². The van der Waals surface area contributed by atoms with Crippen molar-refractivity contribution in [3.8, 4) is 0 Å². The van der Waals surface area contributed by atoms with E-state index in [0.29, 0.717) is 0 Å². The van der Waals surface area contributed by atoms with Crippen molar-refractivity contribution in [2.45, 2.75) is 12.8 Å². The largest absolute Gasteiger partial charge is 0.297 e. The first kappa shape index (κ1) is 15.7. The lowest BCUT2D eigenvalue weighted by atomic mass is 10.3. The molecule has 0 atom stereocenters. The lowest BCUT2D eigenvalue weighted by Crippen LogP contribution is -2.11. The number of unbranched alkanes of at least 4 members (excludes halogenated alkanes) is 1. The summed E-state index contributed by atoms with van der Waals surface area (Å²) in [6.45, 7) is -0.545. The van der Waals surface area contributed by atoms with Gasteiger partial charge >= 0.3 is 0 Å². The highest BCUT2D eigenvalue weighted by molar-refractivity contribution is 7.86. The zero-order chi connectivity index (χ0) is 12.7. The fraction of sp³-hybridized carbons (Fsp3) is 1.00. The molecule has 0 saturated heterocycles. The molecular formula is C6H12F2O6S2. The zero-order valence-electron chi connectivity index (χ0n) is 8.26. The predicted molar refractivity (Wildman–Crippen MR) is 50.9 cm³/mol. The molecule has 0 rings (SSSR count). The molecule has 98 valence electrons. The molecular weight excluding hydrogens is 270 g/mol. The van der Waals surface area contributed by atoms with Crippen molar-refractivity contribution < 1.29 is 34.0 Å². The van der Waals surface area contributed by atoms with Crippen molar-refractivity contribution in [1.82, 2.24) is 0 Å². The Morgan fingerprint density at radius 1 is 0.750 bits per heavy atom. The molecule has 0 spiro atoms. The molecule has 0 radical (unpaired) electrons. The van der Waals surface area contributed by atoms with Crippen LogP contribution in [0.5, 0.6) is 0 Å². The SMILES string of the molecule is O=S(=O)(CF)OCCCCOS(=O)(=O)CF. The first-order valence-corrected chi connectivity index (χ1v) is 7.34.